The molecule has 0 saturated carbocycles. The van der Waals surface area contributed by atoms with Crippen LogP contribution in [0.15, 0.2) is 60.9 Å². The highest BCUT2D eigenvalue weighted by Crippen LogP contribution is 2.23. The van der Waals surface area contributed by atoms with Crippen molar-refractivity contribution in [1.29, 1.82) is 0 Å². The van der Waals surface area contributed by atoms with Gasteiger partial charge in [-0.3, -0.25) is 4.98 Å². The lowest BCUT2D eigenvalue weighted by atomic mass is 10.2. The van der Waals surface area contributed by atoms with E-state index in [-0.39, 0.29) is 5.95 Å². The maximum Gasteiger partial charge on any atom is 0.249 e. The number of fused-ring (bicyclic) bond motifs is 1. The fourth-order valence-corrected chi connectivity index (χ4v) is 2.46. The Hall–Kier alpha value is -3.68. The van der Waals surface area contributed by atoms with Gasteiger partial charge in [0.2, 0.25) is 5.95 Å². The number of nitrogens with zero attached hydrogens (tertiary/aromatic N) is 4. The number of benzene rings is 2. The topological polar surface area (TPSA) is 75.6 Å². The van der Waals surface area contributed by atoms with E-state index in [0.29, 0.717) is 11.5 Å². The Kier molecular flexibility index (Phi) is 4.06. The Balaban J connectivity index is 1.60. The van der Waals surface area contributed by atoms with Crippen LogP contribution in [0.3, 0.4) is 0 Å². The zero-order valence-corrected chi connectivity index (χ0v) is 13.3. The maximum atomic E-state index is 13.3. The standard InChI is InChI=1S/C18H12F2N6/c19-13-7-6-12(9-14(13)20)23-16-10-22-26-18(25-16)24-15-5-1-3-11-4-2-8-21-17(11)15/h1-10H,(H2,23,24,25,26). The number of rotatable bonds is 4. The molecule has 128 valence electrons. The Morgan fingerprint density at radius 3 is 2.65 bits per heavy atom. The molecule has 2 aromatic heterocycles. The van der Waals surface area contributed by atoms with Gasteiger partial charge in [-0.15, -0.1) is 5.10 Å². The number of hydrogen-bond acceptors (Lipinski definition) is 6. The first-order valence-corrected chi connectivity index (χ1v) is 7.71. The molecule has 0 bridgehead atoms. The van der Waals surface area contributed by atoms with E-state index in [1.165, 1.54) is 12.3 Å². The van der Waals surface area contributed by atoms with Crippen LogP contribution in [0.4, 0.5) is 31.9 Å². The second kappa shape index (κ2) is 6.67. The molecule has 2 aromatic carbocycles. The number of anilines is 4. The number of pyridine rings is 1. The first kappa shape index (κ1) is 15.8. The summed E-state index contributed by atoms with van der Waals surface area (Å²) in [4.78, 5) is 8.64. The zero-order valence-electron chi connectivity index (χ0n) is 13.3. The lowest BCUT2D eigenvalue weighted by Gasteiger charge is -2.09. The quantitative estimate of drug-likeness (QED) is 0.575. The van der Waals surface area contributed by atoms with Gasteiger partial charge in [-0.05, 0) is 24.3 Å². The minimum absolute atomic E-state index is 0.246. The molecule has 26 heavy (non-hydrogen) atoms. The number of hydrogen-bond donors (Lipinski definition) is 2. The van der Waals surface area contributed by atoms with Crippen LogP contribution in [0.2, 0.25) is 0 Å². The molecule has 0 aliphatic rings. The van der Waals surface area contributed by atoms with Crippen LogP contribution >= 0.6 is 0 Å². The van der Waals surface area contributed by atoms with Gasteiger partial charge in [0, 0.05) is 23.3 Å². The molecule has 2 N–H and O–H groups in total. The Morgan fingerprint density at radius 1 is 0.885 bits per heavy atom. The average Bonchev–Trinajstić information content (AvgIpc) is 2.65. The molecule has 0 unspecified atom stereocenters. The van der Waals surface area contributed by atoms with Crippen molar-refractivity contribution in [1.82, 2.24) is 20.2 Å². The number of halogens is 2. The monoisotopic (exact) mass is 350 g/mol. The molecule has 8 heteroatoms. The first-order valence-electron chi connectivity index (χ1n) is 7.71. The largest absolute Gasteiger partial charge is 0.339 e. The molecule has 0 saturated heterocycles. The summed E-state index contributed by atoms with van der Waals surface area (Å²) in [6, 6.07) is 13.0. The van der Waals surface area contributed by atoms with Crippen molar-refractivity contribution in [2.75, 3.05) is 10.6 Å². The summed E-state index contributed by atoms with van der Waals surface area (Å²) in [5, 5.41) is 14.7. The Bertz CT molecular complexity index is 1080. The summed E-state index contributed by atoms with van der Waals surface area (Å²) in [5.74, 6) is -1.28. The minimum Gasteiger partial charge on any atom is -0.339 e. The SMILES string of the molecule is Fc1ccc(Nc2cnnc(Nc3cccc4cccnc34)n2)cc1F. The van der Waals surface area contributed by atoms with Gasteiger partial charge in [0.25, 0.3) is 0 Å². The predicted octanol–water partition coefficient (Wildman–Crippen LogP) is 4.19. The zero-order chi connectivity index (χ0) is 17.9. The summed E-state index contributed by atoms with van der Waals surface area (Å²) in [6.45, 7) is 0. The smallest absolute Gasteiger partial charge is 0.249 e. The number of nitrogens with one attached hydrogen (secondary N) is 2. The van der Waals surface area contributed by atoms with Crippen LogP contribution < -0.4 is 10.6 Å². The van der Waals surface area contributed by atoms with Crippen LogP contribution in [-0.2, 0) is 0 Å². The van der Waals surface area contributed by atoms with E-state index in [2.05, 4.69) is 30.8 Å². The van der Waals surface area contributed by atoms with E-state index in [1.807, 2.05) is 30.3 Å². The van der Waals surface area contributed by atoms with E-state index >= 15 is 0 Å². The number of para-hydroxylation sites is 1. The van der Waals surface area contributed by atoms with Gasteiger partial charge < -0.3 is 10.6 Å². The molecule has 0 fully saturated rings. The summed E-state index contributed by atoms with van der Waals surface area (Å²) in [7, 11) is 0. The number of aromatic nitrogens is 4. The lowest BCUT2D eigenvalue weighted by molar-refractivity contribution is 0.509. The molecular weight excluding hydrogens is 338 g/mol. The van der Waals surface area contributed by atoms with Crippen molar-refractivity contribution in [3.8, 4) is 0 Å². The maximum absolute atomic E-state index is 13.3. The van der Waals surface area contributed by atoms with Crippen molar-refractivity contribution in [3.05, 3.63) is 72.6 Å². The summed E-state index contributed by atoms with van der Waals surface area (Å²) in [5.41, 5.74) is 1.86. The molecule has 6 nitrogen and oxygen atoms in total. The molecule has 4 aromatic rings. The summed E-state index contributed by atoms with van der Waals surface area (Å²) >= 11 is 0. The van der Waals surface area contributed by atoms with Crippen molar-refractivity contribution >= 4 is 34.0 Å². The lowest BCUT2D eigenvalue weighted by Crippen LogP contribution is -2.03. The molecule has 0 aliphatic carbocycles. The highest BCUT2D eigenvalue weighted by molar-refractivity contribution is 5.91. The third-order valence-electron chi connectivity index (χ3n) is 3.63. The van der Waals surface area contributed by atoms with Gasteiger partial charge in [0.1, 0.15) is 0 Å². The van der Waals surface area contributed by atoms with Crippen molar-refractivity contribution in [2.24, 2.45) is 0 Å². The van der Waals surface area contributed by atoms with Crippen LogP contribution in [0.1, 0.15) is 0 Å². The average molecular weight is 350 g/mol. The molecular formula is C18H12F2N6. The second-order valence-electron chi connectivity index (χ2n) is 5.42. The molecule has 2 heterocycles. The van der Waals surface area contributed by atoms with Gasteiger partial charge in [-0.25, -0.2) is 8.78 Å². The molecule has 0 aliphatic heterocycles. The molecule has 4 rings (SSSR count). The summed E-state index contributed by atoms with van der Waals surface area (Å²) < 4.78 is 26.3. The van der Waals surface area contributed by atoms with Gasteiger partial charge in [-0.1, -0.05) is 18.2 Å². The Morgan fingerprint density at radius 2 is 1.77 bits per heavy atom. The van der Waals surface area contributed by atoms with E-state index < -0.39 is 11.6 Å². The molecule has 0 spiro atoms. The fraction of sp³-hybridized carbons (Fsp3) is 0. The third kappa shape index (κ3) is 3.25. The molecule has 0 atom stereocenters. The van der Waals surface area contributed by atoms with Gasteiger partial charge in [-0.2, -0.15) is 10.1 Å². The van der Waals surface area contributed by atoms with E-state index in [1.54, 1.807) is 6.20 Å². The van der Waals surface area contributed by atoms with Crippen molar-refractivity contribution in [3.63, 3.8) is 0 Å². The van der Waals surface area contributed by atoms with E-state index in [9.17, 15) is 8.78 Å². The van der Waals surface area contributed by atoms with Gasteiger partial charge in [0.05, 0.1) is 17.4 Å². The van der Waals surface area contributed by atoms with E-state index in [4.69, 9.17) is 0 Å². The van der Waals surface area contributed by atoms with Crippen LogP contribution in [0.5, 0.6) is 0 Å². The molecule has 0 amide bonds. The fourth-order valence-electron chi connectivity index (χ4n) is 2.46. The summed E-state index contributed by atoms with van der Waals surface area (Å²) in [6.07, 6.45) is 3.08. The van der Waals surface area contributed by atoms with Crippen LogP contribution in [-0.4, -0.2) is 20.2 Å². The van der Waals surface area contributed by atoms with Crippen molar-refractivity contribution in [2.45, 2.75) is 0 Å². The Labute approximate surface area is 147 Å². The second-order valence-corrected chi connectivity index (χ2v) is 5.42. The van der Waals surface area contributed by atoms with Crippen molar-refractivity contribution < 1.29 is 8.78 Å². The normalized spacial score (nSPS) is 10.7. The van der Waals surface area contributed by atoms with Gasteiger partial charge >= 0.3 is 0 Å². The van der Waals surface area contributed by atoms with Crippen LogP contribution in [0, 0.1) is 11.6 Å². The minimum atomic E-state index is -0.947. The third-order valence-corrected chi connectivity index (χ3v) is 3.63. The van der Waals surface area contributed by atoms with Crippen LogP contribution in [0.25, 0.3) is 10.9 Å². The first-order chi connectivity index (χ1) is 12.7. The predicted molar refractivity (Wildman–Crippen MR) is 94.5 cm³/mol. The molecule has 0 radical (unpaired) electrons. The highest BCUT2D eigenvalue weighted by Gasteiger charge is 2.07. The van der Waals surface area contributed by atoms with E-state index in [0.717, 1.165) is 28.7 Å². The van der Waals surface area contributed by atoms with Gasteiger partial charge in [0.15, 0.2) is 17.5 Å². The highest BCUT2D eigenvalue weighted by atomic mass is 19.2.